The van der Waals surface area contributed by atoms with Crippen LogP contribution in [0.5, 0.6) is 0 Å². The van der Waals surface area contributed by atoms with Gasteiger partial charge in [-0.15, -0.1) is 0 Å². The summed E-state index contributed by atoms with van der Waals surface area (Å²) < 4.78 is 3.75. The van der Waals surface area contributed by atoms with Gasteiger partial charge < -0.3 is 16.0 Å². The van der Waals surface area contributed by atoms with Crippen molar-refractivity contribution in [3.05, 3.63) is 0 Å². The SMILES string of the molecule is N.N#CCOC(=O)O. The number of rotatable bonds is 1. The Bertz CT molecular complexity index is 106. The maximum absolute atomic E-state index is 9.38. The molecule has 0 aromatic rings. The van der Waals surface area contributed by atoms with Crippen LogP contribution in [0, 0.1) is 11.3 Å². The number of hydrogen-bond acceptors (Lipinski definition) is 4. The van der Waals surface area contributed by atoms with Crippen molar-refractivity contribution >= 4 is 6.16 Å². The van der Waals surface area contributed by atoms with Crippen LogP contribution in [0.2, 0.25) is 0 Å². The van der Waals surface area contributed by atoms with E-state index < -0.39 is 12.8 Å². The number of nitrogens with zero attached hydrogens (tertiary/aromatic N) is 1. The normalized spacial score (nSPS) is 5.88. The second kappa shape index (κ2) is 5.72. The number of carboxylic acid groups (broad SMARTS) is 1. The third-order valence-electron chi connectivity index (χ3n) is 0.260. The molecule has 0 aromatic carbocycles. The lowest BCUT2D eigenvalue weighted by Gasteiger charge is -1.85. The second-order valence-electron chi connectivity index (χ2n) is 0.713. The Balaban J connectivity index is 0. The molecule has 0 amide bonds. The Morgan fingerprint density at radius 3 is 2.50 bits per heavy atom. The third-order valence-corrected chi connectivity index (χ3v) is 0.260. The highest BCUT2D eigenvalue weighted by molar-refractivity contribution is 5.56. The summed E-state index contributed by atoms with van der Waals surface area (Å²) in [6.07, 6.45) is -1.42. The lowest BCUT2D eigenvalue weighted by atomic mass is 10.8. The summed E-state index contributed by atoms with van der Waals surface area (Å²) in [5, 5.41) is 15.3. The molecule has 8 heavy (non-hydrogen) atoms. The monoisotopic (exact) mass is 118 g/mol. The third kappa shape index (κ3) is 8.83. The summed E-state index contributed by atoms with van der Waals surface area (Å²) in [6.45, 7) is -0.394. The topological polar surface area (TPSA) is 105 Å². The highest BCUT2D eigenvalue weighted by Crippen LogP contribution is 1.70. The van der Waals surface area contributed by atoms with Gasteiger partial charge in [0.05, 0.1) is 0 Å². The van der Waals surface area contributed by atoms with E-state index in [4.69, 9.17) is 10.4 Å². The number of ether oxygens (including phenoxy) is 1. The number of carbonyl (C=O) groups is 1. The molecule has 0 fully saturated rings. The van der Waals surface area contributed by atoms with Gasteiger partial charge in [0.15, 0.2) is 6.61 Å². The maximum atomic E-state index is 9.38. The standard InChI is InChI=1S/C3H3NO3.H3N/c4-1-2-7-3(5)6;/h2H2,(H,5,6);1H3. The summed E-state index contributed by atoms with van der Waals surface area (Å²) in [6, 6.07) is 1.50. The van der Waals surface area contributed by atoms with Gasteiger partial charge in [-0.2, -0.15) is 5.26 Å². The van der Waals surface area contributed by atoms with Crippen LogP contribution in [0.1, 0.15) is 0 Å². The van der Waals surface area contributed by atoms with Crippen molar-refractivity contribution in [1.82, 2.24) is 6.15 Å². The van der Waals surface area contributed by atoms with Crippen molar-refractivity contribution < 1.29 is 14.6 Å². The van der Waals surface area contributed by atoms with E-state index in [2.05, 4.69) is 4.74 Å². The van der Waals surface area contributed by atoms with Gasteiger partial charge in [0.1, 0.15) is 6.07 Å². The van der Waals surface area contributed by atoms with Crippen molar-refractivity contribution in [2.75, 3.05) is 6.61 Å². The van der Waals surface area contributed by atoms with Crippen molar-refractivity contribution in [3.8, 4) is 6.07 Å². The molecule has 46 valence electrons. The van der Waals surface area contributed by atoms with Crippen molar-refractivity contribution in [3.63, 3.8) is 0 Å². The van der Waals surface area contributed by atoms with E-state index in [0.29, 0.717) is 0 Å². The first-order valence-electron chi connectivity index (χ1n) is 1.50. The van der Waals surface area contributed by atoms with Crippen LogP contribution in [-0.4, -0.2) is 17.9 Å². The van der Waals surface area contributed by atoms with Crippen LogP contribution in [0.15, 0.2) is 0 Å². The molecule has 0 saturated heterocycles. The van der Waals surface area contributed by atoms with Crippen LogP contribution in [0.3, 0.4) is 0 Å². The highest BCUT2D eigenvalue weighted by Gasteiger charge is 1.89. The molecule has 0 spiro atoms. The van der Waals surface area contributed by atoms with E-state index in [0.717, 1.165) is 0 Å². The van der Waals surface area contributed by atoms with Gasteiger partial charge >= 0.3 is 6.16 Å². The Morgan fingerprint density at radius 1 is 1.88 bits per heavy atom. The van der Waals surface area contributed by atoms with E-state index in [9.17, 15) is 4.79 Å². The molecule has 0 saturated carbocycles. The van der Waals surface area contributed by atoms with Crippen LogP contribution in [0.25, 0.3) is 0 Å². The van der Waals surface area contributed by atoms with Crippen molar-refractivity contribution in [1.29, 1.82) is 5.26 Å². The summed E-state index contributed by atoms with van der Waals surface area (Å²) in [7, 11) is 0. The lowest BCUT2D eigenvalue weighted by molar-refractivity contribution is 0.103. The van der Waals surface area contributed by atoms with Gasteiger partial charge in [-0.1, -0.05) is 0 Å². The fourth-order valence-corrected chi connectivity index (χ4v) is 0.0940. The second-order valence-corrected chi connectivity index (χ2v) is 0.713. The molecular weight excluding hydrogens is 112 g/mol. The van der Waals surface area contributed by atoms with E-state index >= 15 is 0 Å². The lowest BCUT2D eigenvalue weighted by Crippen LogP contribution is -1.98. The first kappa shape index (κ1) is 9.87. The molecule has 0 aliphatic carbocycles. The minimum Gasteiger partial charge on any atom is -0.450 e. The van der Waals surface area contributed by atoms with E-state index in [1.807, 2.05) is 0 Å². The van der Waals surface area contributed by atoms with E-state index in [1.54, 1.807) is 0 Å². The molecule has 0 unspecified atom stereocenters. The summed E-state index contributed by atoms with van der Waals surface area (Å²) in [5.74, 6) is 0. The molecule has 5 heteroatoms. The molecule has 0 aliphatic heterocycles. The molecule has 0 heterocycles. The van der Waals surface area contributed by atoms with Crippen LogP contribution < -0.4 is 6.15 Å². The van der Waals surface area contributed by atoms with Gasteiger partial charge in [-0.05, 0) is 0 Å². The molecule has 0 bridgehead atoms. The Hall–Kier alpha value is -1.28. The molecule has 0 aliphatic rings. The largest absolute Gasteiger partial charge is 0.506 e. The van der Waals surface area contributed by atoms with Gasteiger partial charge in [-0.25, -0.2) is 4.79 Å². The Kier molecular flexibility index (Phi) is 7.06. The van der Waals surface area contributed by atoms with Gasteiger partial charge in [0, 0.05) is 0 Å². The maximum Gasteiger partial charge on any atom is 0.506 e. The molecule has 0 aromatic heterocycles. The Morgan fingerprint density at radius 2 is 2.38 bits per heavy atom. The van der Waals surface area contributed by atoms with Gasteiger partial charge in [-0.3, -0.25) is 0 Å². The molecule has 0 rings (SSSR count). The fourth-order valence-electron chi connectivity index (χ4n) is 0.0940. The molecule has 5 nitrogen and oxygen atoms in total. The predicted octanol–water partition coefficient (Wildman–Crippen LogP) is 0.367. The molecule has 0 atom stereocenters. The van der Waals surface area contributed by atoms with E-state index in [-0.39, 0.29) is 6.15 Å². The van der Waals surface area contributed by atoms with Crippen molar-refractivity contribution in [2.24, 2.45) is 0 Å². The van der Waals surface area contributed by atoms with Crippen LogP contribution in [-0.2, 0) is 4.74 Å². The molecule has 0 radical (unpaired) electrons. The van der Waals surface area contributed by atoms with Crippen molar-refractivity contribution in [2.45, 2.75) is 0 Å². The minimum absolute atomic E-state index is 0. The summed E-state index contributed by atoms with van der Waals surface area (Å²) in [5.41, 5.74) is 0. The summed E-state index contributed by atoms with van der Waals surface area (Å²) in [4.78, 5) is 9.38. The zero-order valence-corrected chi connectivity index (χ0v) is 4.13. The Labute approximate surface area is 46.1 Å². The zero-order valence-electron chi connectivity index (χ0n) is 4.13. The van der Waals surface area contributed by atoms with Crippen LogP contribution >= 0.6 is 0 Å². The van der Waals surface area contributed by atoms with E-state index in [1.165, 1.54) is 6.07 Å². The first-order chi connectivity index (χ1) is 3.27. The fraction of sp³-hybridized carbons (Fsp3) is 0.333. The van der Waals surface area contributed by atoms with Gasteiger partial charge in [0.25, 0.3) is 0 Å². The quantitative estimate of drug-likeness (QED) is 0.483. The zero-order chi connectivity index (χ0) is 5.70. The minimum atomic E-state index is -1.42. The smallest absolute Gasteiger partial charge is 0.450 e. The summed E-state index contributed by atoms with van der Waals surface area (Å²) >= 11 is 0. The van der Waals surface area contributed by atoms with Crippen LogP contribution in [0.4, 0.5) is 4.79 Å². The predicted molar refractivity (Wildman–Crippen MR) is 24.6 cm³/mol. The highest BCUT2D eigenvalue weighted by atomic mass is 16.7. The number of hydrogen-bond donors (Lipinski definition) is 2. The first-order valence-corrected chi connectivity index (χ1v) is 1.50. The average Bonchev–Trinajstić information content (AvgIpc) is 1.61. The molecule has 4 N–H and O–H groups in total. The average molecular weight is 118 g/mol. The molecular formula is C3H6N2O3. The number of nitriles is 1. The van der Waals surface area contributed by atoms with Gasteiger partial charge in [0.2, 0.25) is 0 Å².